The van der Waals surface area contributed by atoms with Crippen molar-refractivity contribution >= 4 is 22.0 Å². The molecule has 0 radical (unpaired) electrons. The van der Waals surface area contributed by atoms with Gasteiger partial charge < -0.3 is 14.0 Å². The number of rotatable bonds is 9. The maximum Gasteiger partial charge on any atom is 0.324 e. The number of carbonyl (C=O) groups excluding carboxylic acids is 2. The molecule has 1 unspecified atom stereocenters. The molecule has 1 aromatic rings. The molecule has 23 heavy (non-hydrogen) atoms. The molecule has 0 fully saturated rings. The van der Waals surface area contributed by atoms with Gasteiger partial charge in [-0.1, -0.05) is 0 Å². The number of aryl methyl sites for hydroxylation is 1. The first-order chi connectivity index (χ1) is 10.8. The van der Waals surface area contributed by atoms with E-state index >= 15 is 0 Å². The van der Waals surface area contributed by atoms with Crippen molar-refractivity contribution < 1.29 is 27.5 Å². The van der Waals surface area contributed by atoms with Crippen LogP contribution in [-0.2, 0) is 36.1 Å². The first-order valence-electron chi connectivity index (χ1n) is 7.12. The molecule has 0 amide bonds. The summed E-state index contributed by atoms with van der Waals surface area (Å²) in [5.74, 6) is -1.26. The summed E-state index contributed by atoms with van der Waals surface area (Å²) < 4.78 is 37.8. The molecule has 0 saturated heterocycles. The van der Waals surface area contributed by atoms with Crippen LogP contribution in [0.1, 0.15) is 26.7 Å². The maximum absolute atomic E-state index is 12.3. The number of esters is 2. The fourth-order valence-electron chi connectivity index (χ4n) is 1.81. The van der Waals surface area contributed by atoms with E-state index in [0.717, 1.165) is 6.20 Å². The number of ether oxygens (including phenoxy) is 2. The van der Waals surface area contributed by atoms with Crippen molar-refractivity contribution in [2.24, 2.45) is 7.05 Å². The Balaban J connectivity index is 2.86. The zero-order valence-electron chi connectivity index (χ0n) is 13.3. The number of hydrogen-bond acceptors (Lipinski definition) is 7. The lowest BCUT2D eigenvalue weighted by atomic mass is 10.2. The zero-order valence-corrected chi connectivity index (χ0v) is 14.1. The number of hydrogen-bond donors (Lipinski definition) is 1. The second-order valence-corrected chi connectivity index (χ2v) is 6.27. The predicted octanol–water partition coefficient (Wildman–Crippen LogP) is -0.0266. The molecule has 1 atom stereocenters. The van der Waals surface area contributed by atoms with E-state index in [2.05, 4.69) is 9.71 Å². The first kappa shape index (κ1) is 19.1. The highest BCUT2D eigenvalue weighted by Gasteiger charge is 2.29. The summed E-state index contributed by atoms with van der Waals surface area (Å²) in [5.41, 5.74) is 0. The molecule has 0 spiro atoms. The summed E-state index contributed by atoms with van der Waals surface area (Å²) in [6.07, 6.45) is 2.32. The Morgan fingerprint density at radius 1 is 1.30 bits per heavy atom. The van der Waals surface area contributed by atoms with Crippen molar-refractivity contribution in [1.82, 2.24) is 14.3 Å². The lowest BCUT2D eigenvalue weighted by molar-refractivity contribution is -0.146. The quantitative estimate of drug-likeness (QED) is 0.624. The van der Waals surface area contributed by atoms with Gasteiger partial charge in [0.1, 0.15) is 6.04 Å². The van der Waals surface area contributed by atoms with Gasteiger partial charge in [-0.2, -0.15) is 4.72 Å². The molecule has 1 rings (SSSR count). The summed E-state index contributed by atoms with van der Waals surface area (Å²) in [4.78, 5) is 27.1. The zero-order chi connectivity index (χ0) is 17.5. The largest absolute Gasteiger partial charge is 0.466 e. The second-order valence-electron chi connectivity index (χ2n) is 4.61. The number of nitrogens with one attached hydrogen (secondary N) is 1. The fourth-order valence-corrected chi connectivity index (χ4v) is 3.15. The average molecular weight is 347 g/mol. The van der Waals surface area contributed by atoms with Crippen LogP contribution in [0.4, 0.5) is 0 Å². The second kappa shape index (κ2) is 8.63. The van der Waals surface area contributed by atoms with Gasteiger partial charge in [0, 0.05) is 13.5 Å². The number of carbonyl (C=O) groups is 2. The minimum absolute atomic E-state index is 0.0608. The fraction of sp³-hybridized carbons (Fsp3) is 0.615. The van der Waals surface area contributed by atoms with Crippen molar-refractivity contribution in [3.63, 3.8) is 0 Å². The Labute approximate surface area is 135 Å². The van der Waals surface area contributed by atoms with Crippen LogP contribution in [-0.4, -0.2) is 49.2 Å². The van der Waals surface area contributed by atoms with Crippen LogP contribution in [0.25, 0.3) is 0 Å². The lowest BCUT2D eigenvalue weighted by Gasteiger charge is -2.17. The molecule has 0 aliphatic heterocycles. The maximum atomic E-state index is 12.3. The number of sulfonamides is 1. The van der Waals surface area contributed by atoms with Gasteiger partial charge in [-0.25, -0.2) is 13.4 Å². The van der Waals surface area contributed by atoms with Gasteiger partial charge in [0.2, 0.25) is 0 Å². The molecule has 9 nitrogen and oxygen atoms in total. The highest BCUT2D eigenvalue weighted by atomic mass is 32.2. The summed E-state index contributed by atoms with van der Waals surface area (Å²) in [7, 11) is -2.46. The number of nitrogens with zero attached hydrogens (tertiary/aromatic N) is 2. The van der Waals surface area contributed by atoms with Crippen LogP contribution >= 0.6 is 0 Å². The average Bonchev–Trinajstić information content (AvgIpc) is 2.91. The summed E-state index contributed by atoms with van der Waals surface area (Å²) >= 11 is 0. The molecule has 0 aliphatic carbocycles. The van der Waals surface area contributed by atoms with E-state index in [0.29, 0.717) is 0 Å². The Kier molecular flexibility index (Phi) is 7.17. The SMILES string of the molecule is CCOC(=O)CCC(NS(=O)(=O)c1cncn1C)C(=O)OCC. The van der Waals surface area contributed by atoms with Crippen molar-refractivity contribution in [3.8, 4) is 0 Å². The normalized spacial score (nSPS) is 12.7. The molecule has 0 bridgehead atoms. The Hall–Kier alpha value is -1.94. The Morgan fingerprint density at radius 3 is 2.48 bits per heavy atom. The third-order valence-electron chi connectivity index (χ3n) is 2.86. The van der Waals surface area contributed by atoms with E-state index in [-0.39, 0.29) is 31.1 Å². The van der Waals surface area contributed by atoms with E-state index in [4.69, 9.17) is 9.47 Å². The topological polar surface area (TPSA) is 117 Å². The van der Waals surface area contributed by atoms with Crippen LogP contribution in [0, 0.1) is 0 Å². The monoisotopic (exact) mass is 347 g/mol. The lowest BCUT2D eigenvalue weighted by Crippen LogP contribution is -2.42. The molecule has 0 aromatic carbocycles. The molecular weight excluding hydrogens is 326 g/mol. The minimum atomic E-state index is -3.97. The van der Waals surface area contributed by atoms with Crippen LogP contribution in [0.2, 0.25) is 0 Å². The highest BCUT2D eigenvalue weighted by Crippen LogP contribution is 2.10. The van der Waals surface area contributed by atoms with Crippen molar-refractivity contribution in [1.29, 1.82) is 0 Å². The van der Waals surface area contributed by atoms with Crippen LogP contribution in [0.5, 0.6) is 0 Å². The summed E-state index contributed by atoms with van der Waals surface area (Å²) in [6, 6.07) is -1.18. The van der Waals surface area contributed by atoms with Crippen LogP contribution < -0.4 is 4.72 Å². The molecule has 10 heteroatoms. The van der Waals surface area contributed by atoms with E-state index in [1.54, 1.807) is 13.8 Å². The van der Waals surface area contributed by atoms with Crippen molar-refractivity contribution in [2.45, 2.75) is 37.8 Å². The van der Waals surface area contributed by atoms with Gasteiger partial charge in [0.05, 0.1) is 25.7 Å². The van der Waals surface area contributed by atoms with Gasteiger partial charge in [-0.3, -0.25) is 9.59 Å². The Bertz CT molecular complexity index is 640. The highest BCUT2D eigenvalue weighted by molar-refractivity contribution is 7.89. The minimum Gasteiger partial charge on any atom is -0.466 e. The van der Waals surface area contributed by atoms with Gasteiger partial charge in [-0.15, -0.1) is 0 Å². The number of aromatic nitrogens is 2. The molecular formula is C13H21N3O6S. The van der Waals surface area contributed by atoms with Gasteiger partial charge >= 0.3 is 11.9 Å². The molecule has 1 N–H and O–H groups in total. The van der Waals surface area contributed by atoms with E-state index in [9.17, 15) is 18.0 Å². The standard InChI is InChI=1S/C13H21N3O6S/c1-4-21-12(17)7-6-10(13(18)22-5-2)15-23(19,20)11-8-14-9-16(11)3/h8-10,15H,4-7H2,1-3H3. The Morgan fingerprint density at radius 2 is 1.96 bits per heavy atom. The van der Waals surface area contributed by atoms with E-state index < -0.39 is 28.0 Å². The first-order valence-corrected chi connectivity index (χ1v) is 8.61. The molecule has 0 saturated carbocycles. The summed E-state index contributed by atoms with van der Waals surface area (Å²) in [6.45, 7) is 3.58. The van der Waals surface area contributed by atoms with E-state index in [1.165, 1.54) is 17.9 Å². The third-order valence-corrected chi connectivity index (χ3v) is 4.40. The van der Waals surface area contributed by atoms with E-state index in [1.807, 2.05) is 0 Å². The molecule has 130 valence electrons. The predicted molar refractivity (Wildman–Crippen MR) is 79.8 cm³/mol. The van der Waals surface area contributed by atoms with Crippen molar-refractivity contribution in [2.75, 3.05) is 13.2 Å². The molecule has 0 aliphatic rings. The molecule has 1 aromatic heterocycles. The van der Waals surface area contributed by atoms with Crippen LogP contribution in [0.3, 0.4) is 0 Å². The van der Waals surface area contributed by atoms with Crippen molar-refractivity contribution in [3.05, 3.63) is 12.5 Å². The summed E-state index contributed by atoms with van der Waals surface area (Å²) in [5, 5.41) is -0.0945. The van der Waals surface area contributed by atoms with Gasteiger partial charge in [0.25, 0.3) is 10.0 Å². The molecule has 1 heterocycles. The van der Waals surface area contributed by atoms with Crippen LogP contribution in [0.15, 0.2) is 17.6 Å². The number of imidazole rings is 1. The van der Waals surface area contributed by atoms with Gasteiger partial charge in [0.15, 0.2) is 5.03 Å². The third kappa shape index (κ3) is 5.64. The van der Waals surface area contributed by atoms with Gasteiger partial charge in [-0.05, 0) is 20.3 Å². The smallest absolute Gasteiger partial charge is 0.324 e.